The molecule has 180 valence electrons. The molecule has 2 fully saturated rings. The minimum Gasteiger partial charge on any atom is -0.492 e. The molecular weight excluding hydrogens is 564 g/mol. The van der Waals surface area contributed by atoms with Crippen molar-refractivity contribution in [3.63, 3.8) is 0 Å². The van der Waals surface area contributed by atoms with Crippen LogP contribution in [0.3, 0.4) is 0 Å². The standard InChI is InChI=1S/C23H22F3IN4O3/c1-14-2-4-18-19(28-14)29-21(34-18)31-10-8-30(9-11-31)20(32)15-3-5-17(16(27)12-15)33-13-22(6-7-22)23(24,25)26/h2-5,12H,6-11,13H2,1H3. The van der Waals surface area contributed by atoms with Crippen LogP contribution in [0.4, 0.5) is 19.2 Å². The third kappa shape index (κ3) is 4.41. The zero-order valence-electron chi connectivity index (χ0n) is 18.4. The summed E-state index contributed by atoms with van der Waals surface area (Å²) in [6.07, 6.45) is -4.07. The van der Waals surface area contributed by atoms with Gasteiger partial charge in [-0.3, -0.25) is 4.79 Å². The van der Waals surface area contributed by atoms with Gasteiger partial charge >= 0.3 is 6.18 Å². The maximum Gasteiger partial charge on any atom is 0.397 e. The van der Waals surface area contributed by atoms with E-state index in [1.165, 1.54) is 0 Å². The van der Waals surface area contributed by atoms with Gasteiger partial charge < -0.3 is 19.0 Å². The van der Waals surface area contributed by atoms with Crippen molar-refractivity contribution in [3.05, 3.63) is 45.2 Å². The summed E-state index contributed by atoms with van der Waals surface area (Å²) in [5.74, 6) is 0.227. The number of alkyl halides is 3. The van der Waals surface area contributed by atoms with Crippen LogP contribution in [0.15, 0.2) is 34.7 Å². The van der Waals surface area contributed by atoms with Crippen LogP contribution >= 0.6 is 22.6 Å². The number of fused-ring (bicyclic) bond motifs is 1. The number of piperazine rings is 1. The van der Waals surface area contributed by atoms with E-state index in [0.29, 0.717) is 58.3 Å². The number of aryl methyl sites for hydroxylation is 1. The molecule has 3 heterocycles. The van der Waals surface area contributed by atoms with Crippen molar-refractivity contribution in [2.45, 2.75) is 25.9 Å². The average molecular weight is 586 g/mol. The maximum absolute atomic E-state index is 13.1. The van der Waals surface area contributed by atoms with Gasteiger partial charge in [-0.1, -0.05) is 0 Å². The third-order valence-electron chi connectivity index (χ3n) is 6.36. The zero-order chi connectivity index (χ0) is 24.1. The van der Waals surface area contributed by atoms with Crippen LogP contribution in [0, 0.1) is 15.9 Å². The van der Waals surface area contributed by atoms with Gasteiger partial charge in [-0.2, -0.15) is 18.2 Å². The van der Waals surface area contributed by atoms with Gasteiger partial charge in [0.1, 0.15) is 17.8 Å². The Labute approximate surface area is 207 Å². The molecule has 5 rings (SSSR count). The van der Waals surface area contributed by atoms with Crippen molar-refractivity contribution in [3.8, 4) is 5.75 Å². The van der Waals surface area contributed by atoms with Gasteiger partial charge in [-0.15, -0.1) is 0 Å². The van der Waals surface area contributed by atoms with E-state index in [1.54, 1.807) is 23.1 Å². The third-order valence-corrected chi connectivity index (χ3v) is 7.20. The van der Waals surface area contributed by atoms with Gasteiger partial charge in [-0.05, 0) is 72.7 Å². The molecule has 1 aliphatic carbocycles. The maximum atomic E-state index is 13.1. The normalized spacial score (nSPS) is 17.8. The number of hydrogen-bond donors (Lipinski definition) is 0. The fourth-order valence-corrected chi connectivity index (χ4v) is 4.62. The van der Waals surface area contributed by atoms with E-state index in [0.717, 1.165) is 5.69 Å². The molecule has 1 saturated heterocycles. The molecule has 1 aliphatic heterocycles. The molecule has 0 atom stereocenters. The Kier molecular flexibility index (Phi) is 5.85. The number of rotatable bonds is 5. The molecule has 7 nitrogen and oxygen atoms in total. The van der Waals surface area contributed by atoms with Crippen LogP contribution in [-0.2, 0) is 0 Å². The topological polar surface area (TPSA) is 71.7 Å². The number of aromatic nitrogens is 2. The van der Waals surface area contributed by atoms with Crippen LogP contribution in [0.25, 0.3) is 11.2 Å². The van der Waals surface area contributed by atoms with Gasteiger partial charge in [0, 0.05) is 37.4 Å². The molecule has 1 saturated carbocycles. The van der Waals surface area contributed by atoms with Gasteiger partial charge in [0.05, 0.1) is 3.57 Å². The summed E-state index contributed by atoms with van der Waals surface area (Å²) >= 11 is 1.99. The van der Waals surface area contributed by atoms with E-state index >= 15 is 0 Å². The second-order valence-electron chi connectivity index (χ2n) is 8.76. The summed E-state index contributed by atoms with van der Waals surface area (Å²) in [7, 11) is 0. The second kappa shape index (κ2) is 8.58. The Hall–Kier alpha value is -2.57. The first-order valence-corrected chi connectivity index (χ1v) is 12.0. The van der Waals surface area contributed by atoms with Crippen molar-refractivity contribution < 1.29 is 27.1 Å². The minimum absolute atomic E-state index is 0.0926. The number of carbonyl (C=O) groups is 1. The van der Waals surface area contributed by atoms with E-state index < -0.39 is 18.2 Å². The first-order valence-electron chi connectivity index (χ1n) is 10.9. The smallest absolute Gasteiger partial charge is 0.397 e. The summed E-state index contributed by atoms with van der Waals surface area (Å²) in [5, 5.41) is 0. The highest BCUT2D eigenvalue weighted by Gasteiger charge is 2.63. The van der Waals surface area contributed by atoms with Gasteiger partial charge in [0.2, 0.25) is 5.65 Å². The predicted octanol–water partition coefficient (Wildman–Crippen LogP) is 4.82. The lowest BCUT2D eigenvalue weighted by molar-refractivity contribution is -0.194. The molecular formula is C23H22F3IN4O3. The SMILES string of the molecule is Cc1ccc2oc(N3CCN(C(=O)c4ccc(OCC5(C(F)(F)F)CC5)c(I)c4)CC3)nc2n1. The Morgan fingerprint density at radius 1 is 1.15 bits per heavy atom. The largest absolute Gasteiger partial charge is 0.492 e. The summed E-state index contributed by atoms with van der Waals surface area (Å²) in [4.78, 5) is 25.6. The van der Waals surface area contributed by atoms with Crippen molar-refractivity contribution in [1.82, 2.24) is 14.9 Å². The highest BCUT2D eigenvalue weighted by molar-refractivity contribution is 14.1. The molecule has 0 radical (unpaired) electrons. The molecule has 1 aromatic carbocycles. The number of pyridine rings is 1. The lowest BCUT2D eigenvalue weighted by atomic mass is 10.1. The number of nitrogens with zero attached hydrogens (tertiary/aromatic N) is 4. The summed E-state index contributed by atoms with van der Waals surface area (Å²) in [5.41, 5.74) is 0.797. The molecule has 0 unspecified atom stereocenters. The van der Waals surface area contributed by atoms with E-state index in [-0.39, 0.29) is 18.7 Å². The highest BCUT2D eigenvalue weighted by atomic mass is 127. The van der Waals surface area contributed by atoms with Crippen LogP contribution in [0.1, 0.15) is 28.9 Å². The number of hydrogen-bond acceptors (Lipinski definition) is 6. The quantitative estimate of drug-likeness (QED) is 0.400. The number of anilines is 1. The number of ether oxygens (including phenoxy) is 1. The first-order chi connectivity index (χ1) is 16.1. The number of amides is 1. The van der Waals surface area contributed by atoms with Gasteiger partial charge in [0.15, 0.2) is 5.58 Å². The Morgan fingerprint density at radius 3 is 2.53 bits per heavy atom. The lowest BCUT2D eigenvalue weighted by Crippen LogP contribution is -2.48. The van der Waals surface area contributed by atoms with Crippen LogP contribution in [0.5, 0.6) is 5.75 Å². The lowest BCUT2D eigenvalue weighted by Gasteiger charge is -2.33. The van der Waals surface area contributed by atoms with Gasteiger partial charge in [-0.25, -0.2) is 4.98 Å². The molecule has 34 heavy (non-hydrogen) atoms. The highest BCUT2D eigenvalue weighted by Crippen LogP contribution is 2.57. The molecule has 0 N–H and O–H groups in total. The van der Waals surface area contributed by atoms with Crippen molar-refractivity contribution in [2.75, 3.05) is 37.7 Å². The Bertz CT molecular complexity index is 1230. The van der Waals surface area contributed by atoms with Crippen LogP contribution < -0.4 is 9.64 Å². The number of halogens is 4. The van der Waals surface area contributed by atoms with Gasteiger partial charge in [0.25, 0.3) is 11.9 Å². The van der Waals surface area contributed by atoms with Crippen LogP contribution in [-0.4, -0.2) is 59.7 Å². The molecule has 2 aliphatic rings. The first kappa shape index (κ1) is 23.2. The zero-order valence-corrected chi connectivity index (χ0v) is 20.5. The molecule has 0 spiro atoms. The predicted molar refractivity (Wildman–Crippen MR) is 127 cm³/mol. The van der Waals surface area contributed by atoms with Crippen molar-refractivity contribution in [1.29, 1.82) is 0 Å². The molecule has 1 amide bonds. The van der Waals surface area contributed by atoms with E-state index in [2.05, 4.69) is 9.97 Å². The number of oxazole rings is 1. The monoisotopic (exact) mass is 586 g/mol. The number of benzene rings is 1. The van der Waals surface area contributed by atoms with Crippen molar-refractivity contribution in [2.24, 2.45) is 5.41 Å². The fraction of sp³-hybridized carbons (Fsp3) is 0.435. The van der Waals surface area contributed by atoms with E-state index in [9.17, 15) is 18.0 Å². The summed E-state index contributed by atoms with van der Waals surface area (Å²) < 4.78 is 51.3. The van der Waals surface area contributed by atoms with Crippen LogP contribution in [0.2, 0.25) is 0 Å². The second-order valence-corrected chi connectivity index (χ2v) is 9.92. The molecule has 0 bridgehead atoms. The van der Waals surface area contributed by atoms with Crippen molar-refractivity contribution >= 4 is 45.7 Å². The average Bonchev–Trinajstić information content (AvgIpc) is 3.50. The summed E-state index contributed by atoms with van der Waals surface area (Å²) in [6.45, 7) is 3.61. The van der Waals surface area contributed by atoms with E-state index in [4.69, 9.17) is 9.15 Å². The minimum atomic E-state index is -4.26. The fourth-order valence-electron chi connectivity index (χ4n) is 3.95. The summed E-state index contributed by atoms with van der Waals surface area (Å²) in [6, 6.07) is 9.04. The molecule has 11 heteroatoms. The molecule has 3 aromatic rings. The Morgan fingerprint density at radius 2 is 1.88 bits per heavy atom. The molecule has 2 aromatic heterocycles. The van der Waals surface area contributed by atoms with E-state index in [1.807, 2.05) is 46.5 Å². The Balaban J connectivity index is 1.20. The number of carbonyl (C=O) groups excluding carboxylic acids is 1.